The van der Waals surface area contributed by atoms with Gasteiger partial charge in [-0.05, 0) is 47.5 Å². The topological polar surface area (TPSA) is 83.7 Å². The van der Waals surface area contributed by atoms with Crippen molar-refractivity contribution in [3.05, 3.63) is 83.7 Å². The summed E-state index contributed by atoms with van der Waals surface area (Å²) in [6.07, 6.45) is 3.86. The van der Waals surface area contributed by atoms with Crippen molar-refractivity contribution in [2.24, 2.45) is 0 Å². The zero-order valence-electron chi connectivity index (χ0n) is 18.9. The molecule has 178 valence electrons. The Morgan fingerprint density at radius 3 is 2.29 bits per heavy atom. The van der Waals surface area contributed by atoms with Crippen molar-refractivity contribution in [1.29, 1.82) is 0 Å². The summed E-state index contributed by atoms with van der Waals surface area (Å²) >= 11 is 1.02. The van der Waals surface area contributed by atoms with Gasteiger partial charge in [-0.15, -0.1) is 10.2 Å². The van der Waals surface area contributed by atoms with E-state index >= 15 is 0 Å². The molecule has 0 N–H and O–H groups in total. The number of esters is 1. The van der Waals surface area contributed by atoms with Crippen LogP contribution in [0.15, 0.2) is 76.4 Å². The summed E-state index contributed by atoms with van der Waals surface area (Å²) in [4.78, 5) is 12.2. The third-order valence-electron chi connectivity index (χ3n) is 4.78. The maximum absolute atomic E-state index is 13.8. The Balaban J connectivity index is 1.31. The zero-order chi connectivity index (χ0) is 24.6. The molecule has 0 aliphatic carbocycles. The van der Waals surface area contributed by atoms with Crippen molar-refractivity contribution in [3.8, 4) is 28.7 Å². The fourth-order valence-electron chi connectivity index (χ4n) is 3.06. The Labute approximate surface area is 205 Å². The van der Waals surface area contributed by atoms with Crippen LogP contribution in [0.2, 0.25) is 0 Å². The van der Waals surface area contributed by atoms with Gasteiger partial charge in [-0.1, -0.05) is 48.2 Å². The summed E-state index contributed by atoms with van der Waals surface area (Å²) in [5.41, 5.74) is 2.05. The first-order valence-corrected chi connectivity index (χ1v) is 11.5. The number of ether oxygens (including phenoxy) is 3. The maximum Gasteiger partial charge on any atom is 0.321 e. The van der Waals surface area contributed by atoms with Crippen LogP contribution in [0.4, 0.5) is 4.39 Å². The van der Waals surface area contributed by atoms with Crippen molar-refractivity contribution in [2.75, 3.05) is 20.0 Å². The van der Waals surface area contributed by atoms with Gasteiger partial charge in [-0.25, -0.2) is 4.39 Å². The molecule has 35 heavy (non-hydrogen) atoms. The average molecular weight is 493 g/mol. The predicted molar refractivity (Wildman–Crippen MR) is 131 cm³/mol. The summed E-state index contributed by atoms with van der Waals surface area (Å²) in [6.45, 7) is 0. The number of halogens is 1. The highest BCUT2D eigenvalue weighted by atomic mass is 32.2. The molecule has 0 aliphatic rings. The van der Waals surface area contributed by atoms with E-state index in [1.165, 1.54) is 12.1 Å². The molecule has 4 rings (SSSR count). The fourth-order valence-corrected chi connectivity index (χ4v) is 3.59. The Morgan fingerprint density at radius 1 is 0.914 bits per heavy atom. The van der Waals surface area contributed by atoms with E-state index in [9.17, 15) is 9.18 Å². The largest absolute Gasteiger partial charge is 0.497 e. The highest BCUT2D eigenvalue weighted by Crippen LogP contribution is 2.26. The molecule has 0 aliphatic heterocycles. The van der Waals surface area contributed by atoms with E-state index < -0.39 is 11.8 Å². The minimum atomic E-state index is -0.479. The molecule has 0 bridgehead atoms. The molecule has 1 aromatic heterocycles. The summed E-state index contributed by atoms with van der Waals surface area (Å²) in [6, 6.07) is 18.8. The third-order valence-corrected chi connectivity index (χ3v) is 5.57. The minimum absolute atomic E-state index is 0.0434. The molecule has 0 saturated carbocycles. The van der Waals surface area contributed by atoms with E-state index in [4.69, 9.17) is 18.6 Å². The zero-order valence-corrected chi connectivity index (χ0v) is 19.8. The Bertz CT molecular complexity index is 1320. The van der Waals surface area contributed by atoms with Gasteiger partial charge in [0.1, 0.15) is 28.8 Å². The number of benzene rings is 3. The van der Waals surface area contributed by atoms with Gasteiger partial charge >= 0.3 is 5.97 Å². The van der Waals surface area contributed by atoms with E-state index in [2.05, 4.69) is 10.2 Å². The van der Waals surface area contributed by atoms with Crippen LogP contribution >= 0.6 is 11.8 Å². The van der Waals surface area contributed by atoms with E-state index in [0.717, 1.165) is 22.9 Å². The van der Waals surface area contributed by atoms with Gasteiger partial charge in [-0.2, -0.15) is 0 Å². The average Bonchev–Trinajstić information content (AvgIpc) is 3.36. The first-order valence-electron chi connectivity index (χ1n) is 10.5. The number of hydrogen-bond donors (Lipinski definition) is 0. The highest BCUT2D eigenvalue weighted by molar-refractivity contribution is 7.99. The number of carbonyl (C=O) groups is 1. The van der Waals surface area contributed by atoms with Crippen molar-refractivity contribution < 1.29 is 27.8 Å². The molecule has 0 spiro atoms. The Morgan fingerprint density at radius 2 is 1.60 bits per heavy atom. The maximum atomic E-state index is 13.8. The normalized spacial score (nSPS) is 10.9. The molecule has 0 amide bonds. The number of nitrogens with zero attached hydrogens (tertiary/aromatic N) is 2. The summed E-state index contributed by atoms with van der Waals surface area (Å²) in [7, 11) is 3.21. The van der Waals surface area contributed by atoms with Gasteiger partial charge < -0.3 is 18.6 Å². The molecule has 1 heterocycles. The van der Waals surface area contributed by atoms with E-state index in [-0.39, 0.29) is 22.4 Å². The molecule has 0 atom stereocenters. The smallest absolute Gasteiger partial charge is 0.321 e. The van der Waals surface area contributed by atoms with Gasteiger partial charge in [0.15, 0.2) is 0 Å². The second-order valence-corrected chi connectivity index (χ2v) is 8.09. The molecule has 9 heteroatoms. The lowest BCUT2D eigenvalue weighted by molar-refractivity contribution is -0.131. The van der Waals surface area contributed by atoms with Crippen molar-refractivity contribution in [3.63, 3.8) is 0 Å². The predicted octanol–water partition coefficient (Wildman–Crippen LogP) is 5.76. The van der Waals surface area contributed by atoms with Gasteiger partial charge in [0.25, 0.3) is 11.1 Å². The monoisotopic (exact) mass is 492 g/mol. The van der Waals surface area contributed by atoms with Crippen molar-refractivity contribution in [1.82, 2.24) is 10.2 Å². The molecular weight excluding hydrogens is 471 g/mol. The van der Waals surface area contributed by atoms with Gasteiger partial charge in [-0.3, -0.25) is 4.79 Å². The summed E-state index contributed by atoms with van der Waals surface area (Å²) < 4.78 is 35.2. The first kappa shape index (κ1) is 24.0. The van der Waals surface area contributed by atoms with Crippen LogP contribution in [-0.4, -0.2) is 36.1 Å². The van der Waals surface area contributed by atoms with Crippen LogP contribution in [0.3, 0.4) is 0 Å². The van der Waals surface area contributed by atoms with E-state index in [1.807, 2.05) is 36.4 Å². The lowest BCUT2D eigenvalue weighted by Crippen LogP contribution is -2.10. The second kappa shape index (κ2) is 11.3. The molecule has 4 aromatic rings. The van der Waals surface area contributed by atoms with Gasteiger partial charge in [0.05, 0.1) is 19.8 Å². The number of aromatic nitrogens is 2. The molecule has 0 fully saturated rings. The molecule has 0 saturated heterocycles. The van der Waals surface area contributed by atoms with Crippen LogP contribution in [-0.2, 0) is 4.79 Å². The first-order chi connectivity index (χ1) is 17.0. The lowest BCUT2D eigenvalue weighted by Gasteiger charge is -2.06. The van der Waals surface area contributed by atoms with Crippen molar-refractivity contribution in [2.45, 2.75) is 5.22 Å². The van der Waals surface area contributed by atoms with Crippen molar-refractivity contribution >= 4 is 29.9 Å². The van der Waals surface area contributed by atoms with Crippen LogP contribution < -0.4 is 14.2 Å². The standard InChI is InChI=1S/C26H21FN2O5S/c1-31-20-13-18(14-21(15-20)32-2)8-7-17-9-11-19(12-10-17)33-24(30)16-35-26-29-28-25(34-26)22-5-3-4-6-23(22)27/h3-15H,16H2,1-2H3/b8-7+. The SMILES string of the molecule is COc1cc(/C=C/c2ccc(OC(=O)CSc3nnc(-c4ccccc4F)o3)cc2)cc(OC)c1. The second-order valence-electron chi connectivity index (χ2n) is 7.16. The Kier molecular flexibility index (Phi) is 7.79. The van der Waals surface area contributed by atoms with Crippen LogP contribution in [0.5, 0.6) is 17.2 Å². The Hall–Kier alpha value is -4.11. The quantitative estimate of drug-likeness (QED) is 0.126. The number of carbonyl (C=O) groups excluding carboxylic acids is 1. The van der Waals surface area contributed by atoms with Crippen LogP contribution in [0.1, 0.15) is 11.1 Å². The number of rotatable bonds is 9. The highest BCUT2D eigenvalue weighted by Gasteiger charge is 2.14. The molecular formula is C26H21FN2O5S. The molecule has 7 nitrogen and oxygen atoms in total. The van der Waals surface area contributed by atoms with E-state index in [1.54, 1.807) is 44.6 Å². The van der Waals surface area contributed by atoms with Crippen LogP contribution in [0, 0.1) is 5.82 Å². The molecule has 0 unspecified atom stereocenters. The fraction of sp³-hybridized carbons (Fsp3) is 0.115. The van der Waals surface area contributed by atoms with Gasteiger partial charge in [0, 0.05) is 6.07 Å². The van der Waals surface area contributed by atoms with Gasteiger partial charge in [0.2, 0.25) is 0 Å². The molecule has 0 radical (unpaired) electrons. The number of methoxy groups -OCH3 is 2. The van der Waals surface area contributed by atoms with E-state index in [0.29, 0.717) is 17.2 Å². The summed E-state index contributed by atoms with van der Waals surface area (Å²) in [5.74, 6) is 0.878. The molecule has 3 aromatic carbocycles. The lowest BCUT2D eigenvalue weighted by atomic mass is 10.1. The number of thioether (sulfide) groups is 1. The summed E-state index contributed by atoms with van der Waals surface area (Å²) in [5, 5.41) is 7.82. The van der Waals surface area contributed by atoms with Crippen LogP contribution in [0.25, 0.3) is 23.6 Å². The minimum Gasteiger partial charge on any atom is -0.497 e. The third kappa shape index (κ3) is 6.48. The number of hydrogen-bond acceptors (Lipinski definition) is 8.